The summed E-state index contributed by atoms with van der Waals surface area (Å²) in [6.45, 7) is 0. The number of aromatic nitrogens is 3. The van der Waals surface area contributed by atoms with Crippen molar-refractivity contribution >= 4 is 27.4 Å². The summed E-state index contributed by atoms with van der Waals surface area (Å²) < 4.78 is 0.858. The van der Waals surface area contributed by atoms with Gasteiger partial charge in [0, 0.05) is 19.4 Å². The summed E-state index contributed by atoms with van der Waals surface area (Å²) in [4.78, 5) is 14.1. The number of nitrogens with zero attached hydrogens (tertiary/aromatic N) is 4. The van der Waals surface area contributed by atoms with E-state index in [1.165, 1.54) is 6.33 Å². The lowest BCUT2D eigenvalue weighted by Crippen LogP contribution is -2.12. The highest BCUT2D eigenvalue weighted by atomic mass is 79.9. The van der Waals surface area contributed by atoms with Gasteiger partial charge in [-0.3, -0.25) is 4.98 Å². The molecule has 0 aliphatic carbocycles. The normalized spacial score (nSPS) is 10.0. The summed E-state index contributed by atoms with van der Waals surface area (Å²) in [5.74, 6) is 0.818. The number of hydrogen-bond donors (Lipinski definition) is 0. The molecule has 0 radical (unpaired) electrons. The monoisotopic (exact) mass is 264 g/mol. The van der Waals surface area contributed by atoms with E-state index in [-0.39, 0.29) is 0 Å². The fourth-order valence-corrected chi connectivity index (χ4v) is 1.71. The summed E-state index contributed by atoms with van der Waals surface area (Å²) >= 11 is 3.41. The van der Waals surface area contributed by atoms with Gasteiger partial charge in [0.25, 0.3) is 0 Å². The average molecular weight is 265 g/mol. The van der Waals surface area contributed by atoms with E-state index in [0.29, 0.717) is 0 Å². The summed E-state index contributed by atoms with van der Waals surface area (Å²) in [5, 5.41) is 0. The lowest BCUT2D eigenvalue weighted by molar-refractivity contribution is 1.06. The topological polar surface area (TPSA) is 41.9 Å². The maximum absolute atomic E-state index is 4.19. The number of rotatable bonds is 2. The first kappa shape index (κ1) is 10.0. The largest absolute Gasteiger partial charge is 0.327 e. The zero-order chi connectivity index (χ0) is 10.7. The van der Waals surface area contributed by atoms with Gasteiger partial charge in [-0.1, -0.05) is 0 Å². The zero-order valence-electron chi connectivity index (χ0n) is 8.13. The van der Waals surface area contributed by atoms with Crippen LogP contribution in [0.25, 0.3) is 0 Å². The molecule has 0 aromatic carbocycles. The Labute approximate surface area is 96.1 Å². The van der Waals surface area contributed by atoms with Crippen LogP contribution < -0.4 is 4.90 Å². The third kappa shape index (κ3) is 2.12. The molecular formula is C10H9BrN4. The van der Waals surface area contributed by atoms with Crippen molar-refractivity contribution in [2.24, 2.45) is 0 Å². The fraction of sp³-hybridized carbons (Fsp3) is 0.100. The predicted molar refractivity (Wildman–Crippen MR) is 62.0 cm³/mol. The molecule has 0 saturated carbocycles. The van der Waals surface area contributed by atoms with Gasteiger partial charge in [0.15, 0.2) is 5.82 Å². The third-order valence-electron chi connectivity index (χ3n) is 2.00. The molecule has 76 valence electrons. The van der Waals surface area contributed by atoms with Gasteiger partial charge < -0.3 is 4.90 Å². The van der Waals surface area contributed by atoms with Crippen LogP contribution in [0, 0.1) is 0 Å². The quantitative estimate of drug-likeness (QED) is 0.836. The van der Waals surface area contributed by atoms with Gasteiger partial charge in [0.1, 0.15) is 6.33 Å². The molecule has 4 nitrogen and oxygen atoms in total. The summed E-state index contributed by atoms with van der Waals surface area (Å²) in [6, 6.07) is 3.86. The Hall–Kier alpha value is -1.49. The highest BCUT2D eigenvalue weighted by Crippen LogP contribution is 2.26. The Morgan fingerprint density at radius 1 is 1.27 bits per heavy atom. The van der Waals surface area contributed by atoms with Gasteiger partial charge in [0.2, 0.25) is 0 Å². The molecular weight excluding hydrogens is 256 g/mol. The van der Waals surface area contributed by atoms with Crippen molar-refractivity contribution in [2.45, 2.75) is 0 Å². The molecule has 15 heavy (non-hydrogen) atoms. The molecule has 0 spiro atoms. The SMILES string of the molecule is CN(c1cccnc1)c1ncncc1Br. The molecule has 0 atom stereocenters. The molecule has 0 aliphatic rings. The van der Waals surface area contributed by atoms with Crippen molar-refractivity contribution in [1.82, 2.24) is 15.0 Å². The summed E-state index contributed by atoms with van der Waals surface area (Å²) in [5.41, 5.74) is 0.983. The van der Waals surface area contributed by atoms with E-state index in [1.807, 2.05) is 24.1 Å². The van der Waals surface area contributed by atoms with E-state index in [1.54, 1.807) is 18.6 Å². The van der Waals surface area contributed by atoms with E-state index in [0.717, 1.165) is 16.0 Å². The van der Waals surface area contributed by atoms with Crippen LogP contribution in [0.1, 0.15) is 0 Å². The predicted octanol–water partition coefficient (Wildman–Crippen LogP) is 2.40. The van der Waals surface area contributed by atoms with E-state index < -0.39 is 0 Å². The lowest BCUT2D eigenvalue weighted by atomic mass is 10.4. The molecule has 2 heterocycles. The third-order valence-corrected chi connectivity index (χ3v) is 2.56. The van der Waals surface area contributed by atoms with Crippen LogP contribution in [-0.4, -0.2) is 22.0 Å². The minimum atomic E-state index is 0.818. The molecule has 2 aromatic heterocycles. The minimum Gasteiger partial charge on any atom is -0.327 e. The van der Waals surface area contributed by atoms with Crippen LogP contribution in [-0.2, 0) is 0 Å². The van der Waals surface area contributed by atoms with Crippen LogP contribution in [0.15, 0.2) is 41.5 Å². The van der Waals surface area contributed by atoms with Crippen molar-refractivity contribution < 1.29 is 0 Å². The number of hydrogen-bond acceptors (Lipinski definition) is 4. The second-order valence-corrected chi connectivity index (χ2v) is 3.82. The van der Waals surface area contributed by atoms with Gasteiger partial charge in [-0.05, 0) is 28.1 Å². The molecule has 0 amide bonds. The first-order valence-electron chi connectivity index (χ1n) is 4.38. The van der Waals surface area contributed by atoms with Crippen LogP contribution in [0.4, 0.5) is 11.5 Å². The molecule has 5 heteroatoms. The van der Waals surface area contributed by atoms with E-state index in [9.17, 15) is 0 Å². The molecule has 0 aliphatic heterocycles. The van der Waals surface area contributed by atoms with Crippen molar-refractivity contribution in [3.63, 3.8) is 0 Å². The van der Waals surface area contributed by atoms with Crippen LogP contribution in [0.3, 0.4) is 0 Å². The van der Waals surface area contributed by atoms with Crippen LogP contribution in [0.2, 0.25) is 0 Å². The standard InChI is InChI=1S/C10H9BrN4/c1-15(8-3-2-4-12-5-8)10-9(11)6-13-7-14-10/h2-7H,1H3. The van der Waals surface area contributed by atoms with E-state index >= 15 is 0 Å². The molecule has 0 bridgehead atoms. The molecule has 0 N–H and O–H groups in total. The molecule has 0 saturated heterocycles. The zero-order valence-corrected chi connectivity index (χ0v) is 9.72. The molecule has 0 fully saturated rings. The van der Waals surface area contributed by atoms with Crippen molar-refractivity contribution in [1.29, 1.82) is 0 Å². The lowest BCUT2D eigenvalue weighted by Gasteiger charge is -2.18. The minimum absolute atomic E-state index is 0.818. The van der Waals surface area contributed by atoms with Crippen LogP contribution in [0.5, 0.6) is 0 Å². The summed E-state index contributed by atoms with van der Waals surface area (Å²) in [6.07, 6.45) is 6.77. The molecule has 2 aromatic rings. The highest BCUT2D eigenvalue weighted by molar-refractivity contribution is 9.10. The first-order chi connectivity index (χ1) is 7.29. The average Bonchev–Trinajstić information content (AvgIpc) is 2.30. The van der Waals surface area contributed by atoms with Crippen molar-refractivity contribution in [2.75, 3.05) is 11.9 Å². The highest BCUT2D eigenvalue weighted by Gasteiger charge is 2.08. The molecule has 2 rings (SSSR count). The van der Waals surface area contributed by atoms with Crippen molar-refractivity contribution in [3.05, 3.63) is 41.5 Å². The van der Waals surface area contributed by atoms with Gasteiger partial charge >= 0.3 is 0 Å². The second kappa shape index (κ2) is 4.35. The number of pyridine rings is 1. The first-order valence-corrected chi connectivity index (χ1v) is 5.17. The summed E-state index contributed by atoms with van der Waals surface area (Å²) in [7, 11) is 1.93. The van der Waals surface area contributed by atoms with Gasteiger partial charge in [-0.2, -0.15) is 0 Å². The number of halogens is 1. The van der Waals surface area contributed by atoms with Crippen LogP contribution >= 0.6 is 15.9 Å². The van der Waals surface area contributed by atoms with Gasteiger partial charge in [0.05, 0.1) is 16.4 Å². The Balaban J connectivity index is 2.37. The fourth-order valence-electron chi connectivity index (χ4n) is 1.23. The Morgan fingerprint density at radius 3 is 2.80 bits per heavy atom. The number of anilines is 2. The Kier molecular flexibility index (Phi) is 2.91. The van der Waals surface area contributed by atoms with Gasteiger partial charge in [-0.25, -0.2) is 9.97 Å². The Morgan fingerprint density at radius 2 is 2.13 bits per heavy atom. The van der Waals surface area contributed by atoms with Gasteiger partial charge in [-0.15, -0.1) is 0 Å². The van der Waals surface area contributed by atoms with E-state index in [2.05, 4.69) is 30.9 Å². The maximum Gasteiger partial charge on any atom is 0.150 e. The van der Waals surface area contributed by atoms with E-state index in [4.69, 9.17) is 0 Å². The van der Waals surface area contributed by atoms with Crippen molar-refractivity contribution in [3.8, 4) is 0 Å². The Bertz CT molecular complexity index is 446. The maximum atomic E-state index is 4.19. The second-order valence-electron chi connectivity index (χ2n) is 2.96. The smallest absolute Gasteiger partial charge is 0.150 e. The molecule has 0 unspecified atom stereocenters.